The van der Waals surface area contributed by atoms with Gasteiger partial charge in [-0.05, 0) is 48.2 Å². The van der Waals surface area contributed by atoms with Crippen LogP contribution in [0.3, 0.4) is 0 Å². The highest BCUT2D eigenvalue weighted by Crippen LogP contribution is 2.28. The molecule has 1 aromatic heterocycles. The number of ether oxygens (including phenoxy) is 1. The molecule has 7 heteroatoms. The number of benzene rings is 2. The van der Waals surface area contributed by atoms with Crippen LogP contribution in [0.2, 0.25) is 0 Å². The number of cyclic esters (lactones) is 1. The Balaban J connectivity index is 0.000000374. The first-order chi connectivity index (χ1) is 15.9. The molecule has 1 aliphatic rings. The molecule has 2 amide bonds. The van der Waals surface area contributed by atoms with E-state index in [0.717, 1.165) is 16.7 Å². The summed E-state index contributed by atoms with van der Waals surface area (Å²) in [4.78, 5) is 29.1. The monoisotopic (exact) mass is 449 g/mol. The molecule has 6 nitrogen and oxygen atoms in total. The van der Waals surface area contributed by atoms with E-state index in [1.54, 1.807) is 29.3 Å². The second-order valence-electron chi connectivity index (χ2n) is 7.83. The van der Waals surface area contributed by atoms with E-state index < -0.39 is 0 Å². The number of hydrogen-bond donors (Lipinski definition) is 1. The average molecular weight is 450 g/mol. The first-order valence-corrected chi connectivity index (χ1v) is 10.9. The Morgan fingerprint density at radius 3 is 2.39 bits per heavy atom. The molecule has 2 unspecified atom stereocenters. The molecule has 1 fully saturated rings. The summed E-state index contributed by atoms with van der Waals surface area (Å²) in [5.41, 5.74) is 8.34. The third-order valence-corrected chi connectivity index (χ3v) is 5.50. The van der Waals surface area contributed by atoms with Crippen molar-refractivity contribution in [2.24, 2.45) is 5.73 Å². The summed E-state index contributed by atoms with van der Waals surface area (Å²) in [5.74, 6) is -0.548. The highest BCUT2D eigenvalue weighted by molar-refractivity contribution is 5.74. The zero-order valence-electron chi connectivity index (χ0n) is 18.6. The van der Waals surface area contributed by atoms with Crippen LogP contribution in [0.15, 0.2) is 79.1 Å². The van der Waals surface area contributed by atoms with E-state index in [1.165, 1.54) is 12.1 Å². The SMILES string of the molecule is CC(c1ccc(-c2cccnc2)cc1)N1CCC(CCC(N)=O)OC1=O.Fc1ccccc1. The van der Waals surface area contributed by atoms with Crippen LogP contribution in [0.25, 0.3) is 11.1 Å². The normalized spacial score (nSPS) is 16.2. The molecule has 2 heterocycles. The van der Waals surface area contributed by atoms with E-state index in [1.807, 2.05) is 49.5 Å². The Bertz CT molecular complexity index is 1030. The fourth-order valence-electron chi connectivity index (χ4n) is 3.58. The molecule has 3 aromatic rings. The van der Waals surface area contributed by atoms with Gasteiger partial charge in [0.1, 0.15) is 11.9 Å². The number of primary amides is 1. The van der Waals surface area contributed by atoms with Crippen molar-refractivity contribution in [3.8, 4) is 11.1 Å². The number of carbonyl (C=O) groups excluding carboxylic acids is 2. The number of aromatic nitrogens is 1. The van der Waals surface area contributed by atoms with Crippen LogP contribution in [0, 0.1) is 5.82 Å². The molecule has 2 atom stereocenters. The zero-order chi connectivity index (χ0) is 23.6. The van der Waals surface area contributed by atoms with Crippen molar-refractivity contribution < 1.29 is 18.7 Å². The molecule has 1 aliphatic heterocycles. The second-order valence-corrected chi connectivity index (χ2v) is 7.83. The lowest BCUT2D eigenvalue weighted by molar-refractivity contribution is -0.118. The van der Waals surface area contributed by atoms with Crippen molar-refractivity contribution >= 4 is 12.0 Å². The van der Waals surface area contributed by atoms with Gasteiger partial charge in [-0.15, -0.1) is 0 Å². The topological polar surface area (TPSA) is 85.5 Å². The molecule has 172 valence electrons. The van der Waals surface area contributed by atoms with Crippen LogP contribution >= 0.6 is 0 Å². The molecular formula is C26H28FN3O3. The number of amides is 2. The third kappa shape index (κ3) is 7.14. The van der Waals surface area contributed by atoms with E-state index >= 15 is 0 Å². The zero-order valence-corrected chi connectivity index (χ0v) is 18.6. The van der Waals surface area contributed by atoms with Gasteiger partial charge in [0.15, 0.2) is 0 Å². The van der Waals surface area contributed by atoms with Gasteiger partial charge in [-0.25, -0.2) is 9.18 Å². The van der Waals surface area contributed by atoms with E-state index in [0.29, 0.717) is 19.4 Å². The van der Waals surface area contributed by atoms with Crippen LogP contribution < -0.4 is 5.73 Å². The smallest absolute Gasteiger partial charge is 0.410 e. The molecule has 2 aromatic carbocycles. The van der Waals surface area contributed by atoms with Crippen LogP contribution in [0.1, 0.15) is 37.8 Å². The third-order valence-electron chi connectivity index (χ3n) is 5.50. The van der Waals surface area contributed by atoms with Crippen LogP contribution in [0.4, 0.5) is 9.18 Å². The van der Waals surface area contributed by atoms with Gasteiger partial charge in [-0.3, -0.25) is 9.78 Å². The summed E-state index contributed by atoms with van der Waals surface area (Å²) in [6.07, 6.45) is 4.44. The largest absolute Gasteiger partial charge is 0.446 e. The molecule has 2 N–H and O–H groups in total. The fourth-order valence-corrected chi connectivity index (χ4v) is 3.58. The van der Waals surface area contributed by atoms with Gasteiger partial charge in [0, 0.05) is 31.8 Å². The Labute approximate surface area is 193 Å². The number of nitrogens with zero attached hydrogens (tertiary/aromatic N) is 2. The highest BCUT2D eigenvalue weighted by Gasteiger charge is 2.30. The number of hydrogen-bond acceptors (Lipinski definition) is 4. The van der Waals surface area contributed by atoms with Gasteiger partial charge in [-0.1, -0.05) is 48.5 Å². The molecule has 0 aliphatic carbocycles. The van der Waals surface area contributed by atoms with Crippen LogP contribution in [-0.2, 0) is 9.53 Å². The van der Waals surface area contributed by atoms with E-state index in [-0.39, 0.29) is 36.4 Å². The quantitative estimate of drug-likeness (QED) is 0.567. The molecule has 33 heavy (non-hydrogen) atoms. The minimum Gasteiger partial charge on any atom is -0.446 e. The molecule has 4 rings (SSSR count). The van der Waals surface area contributed by atoms with Gasteiger partial charge in [-0.2, -0.15) is 0 Å². The number of carbonyl (C=O) groups is 2. The minimum atomic E-state index is -0.370. The van der Waals surface area contributed by atoms with Gasteiger partial charge < -0.3 is 15.4 Å². The van der Waals surface area contributed by atoms with Gasteiger partial charge >= 0.3 is 6.09 Å². The predicted molar refractivity (Wildman–Crippen MR) is 125 cm³/mol. The summed E-state index contributed by atoms with van der Waals surface area (Å²) in [6.45, 7) is 2.60. The van der Waals surface area contributed by atoms with Gasteiger partial charge in [0.2, 0.25) is 5.91 Å². The summed E-state index contributed by atoms with van der Waals surface area (Å²) in [5, 5.41) is 0. The van der Waals surface area contributed by atoms with Gasteiger partial charge in [0.05, 0.1) is 6.04 Å². The molecule has 0 radical (unpaired) electrons. The fraction of sp³-hybridized carbons (Fsp3) is 0.269. The number of halogens is 1. The Kier molecular flexibility index (Phi) is 8.52. The Morgan fingerprint density at radius 2 is 1.85 bits per heavy atom. The van der Waals surface area contributed by atoms with Crippen molar-refractivity contribution in [2.75, 3.05) is 6.54 Å². The van der Waals surface area contributed by atoms with Crippen molar-refractivity contribution in [1.29, 1.82) is 0 Å². The van der Waals surface area contributed by atoms with Crippen LogP contribution in [0.5, 0.6) is 0 Å². The highest BCUT2D eigenvalue weighted by atomic mass is 19.1. The second kappa shape index (κ2) is 11.8. The van der Waals surface area contributed by atoms with Crippen molar-refractivity contribution in [2.45, 2.75) is 38.3 Å². The first kappa shape index (κ1) is 23.9. The lowest BCUT2D eigenvalue weighted by atomic mass is 10.0. The number of pyridine rings is 1. The molecule has 0 saturated carbocycles. The molecule has 0 bridgehead atoms. The predicted octanol–water partition coefficient (Wildman–Crippen LogP) is 5.11. The standard InChI is InChI=1S/C20H23N3O3.C6H5F/c1-14(23-12-10-18(26-20(23)25)8-9-19(21)24)15-4-6-16(7-5-15)17-3-2-11-22-13-17;7-6-4-2-1-3-5-6/h2-7,11,13-14,18H,8-10,12H2,1H3,(H2,21,24);1-5H. The van der Waals surface area contributed by atoms with Crippen molar-refractivity contribution in [1.82, 2.24) is 9.88 Å². The van der Waals surface area contributed by atoms with E-state index in [9.17, 15) is 14.0 Å². The molecule has 0 spiro atoms. The number of nitrogens with two attached hydrogens (primary N) is 1. The van der Waals surface area contributed by atoms with Crippen molar-refractivity contribution in [3.63, 3.8) is 0 Å². The van der Waals surface area contributed by atoms with Crippen molar-refractivity contribution in [3.05, 3.63) is 90.5 Å². The lowest BCUT2D eigenvalue weighted by Crippen LogP contribution is -2.43. The Hall–Kier alpha value is -3.74. The minimum absolute atomic E-state index is 0.0810. The average Bonchev–Trinajstić information content (AvgIpc) is 2.84. The molecular weight excluding hydrogens is 421 g/mol. The Morgan fingerprint density at radius 1 is 1.12 bits per heavy atom. The first-order valence-electron chi connectivity index (χ1n) is 10.9. The maximum Gasteiger partial charge on any atom is 0.410 e. The maximum absolute atomic E-state index is 12.3. The molecule has 1 saturated heterocycles. The number of rotatable bonds is 6. The van der Waals surface area contributed by atoms with Gasteiger partial charge in [0.25, 0.3) is 0 Å². The van der Waals surface area contributed by atoms with E-state index in [4.69, 9.17) is 10.5 Å². The maximum atomic E-state index is 12.3. The lowest BCUT2D eigenvalue weighted by Gasteiger charge is -2.35. The van der Waals surface area contributed by atoms with Crippen LogP contribution in [-0.4, -0.2) is 34.5 Å². The van der Waals surface area contributed by atoms with E-state index in [2.05, 4.69) is 4.98 Å². The summed E-state index contributed by atoms with van der Waals surface area (Å²) in [7, 11) is 0. The summed E-state index contributed by atoms with van der Waals surface area (Å²) in [6, 6.07) is 19.9. The summed E-state index contributed by atoms with van der Waals surface area (Å²) < 4.78 is 17.4. The summed E-state index contributed by atoms with van der Waals surface area (Å²) >= 11 is 0.